The van der Waals surface area contributed by atoms with Crippen molar-refractivity contribution < 1.29 is 18.5 Å². The first-order chi connectivity index (χ1) is 13.9. The van der Waals surface area contributed by atoms with Crippen molar-refractivity contribution in [3.63, 3.8) is 0 Å². The number of pyridine rings is 1. The molecule has 0 aliphatic carbocycles. The van der Waals surface area contributed by atoms with Gasteiger partial charge in [-0.15, -0.1) is 10.2 Å². The lowest BCUT2D eigenvalue weighted by atomic mass is 10.1. The lowest BCUT2D eigenvalue weighted by molar-refractivity contribution is 0.0279. The molecular weight excluding hydrogens is 372 g/mol. The molecule has 4 rings (SSSR count). The minimum absolute atomic E-state index is 0.140. The zero-order valence-corrected chi connectivity index (χ0v) is 16.5. The smallest absolute Gasteiger partial charge is 0.340 e. The predicted molar refractivity (Wildman–Crippen MR) is 104 cm³/mol. The quantitative estimate of drug-likeness (QED) is 0.453. The van der Waals surface area contributed by atoms with E-state index in [0.717, 1.165) is 16.8 Å². The molecule has 0 bridgehead atoms. The number of fused-ring (bicyclic) bond motifs is 1. The van der Waals surface area contributed by atoms with Crippen molar-refractivity contribution in [2.45, 2.75) is 39.7 Å². The van der Waals surface area contributed by atoms with Crippen LogP contribution < -0.4 is 0 Å². The fraction of sp³-hybridized carbons (Fsp3) is 0.286. The Kier molecular flexibility index (Phi) is 4.84. The molecular formula is C21H20N4O4. The summed E-state index contributed by atoms with van der Waals surface area (Å²) in [6, 6.07) is 9.40. The summed E-state index contributed by atoms with van der Waals surface area (Å²) in [5.74, 6) is 0.192. The van der Waals surface area contributed by atoms with Crippen molar-refractivity contribution in [2.75, 3.05) is 0 Å². The number of hydrogen-bond acceptors (Lipinski definition) is 8. The Morgan fingerprint density at radius 3 is 2.72 bits per heavy atom. The van der Waals surface area contributed by atoms with Gasteiger partial charge < -0.3 is 13.7 Å². The molecule has 0 saturated carbocycles. The molecule has 0 radical (unpaired) electrons. The highest BCUT2D eigenvalue weighted by Crippen LogP contribution is 2.26. The number of carbonyl (C=O) groups is 1. The molecule has 0 aliphatic heterocycles. The van der Waals surface area contributed by atoms with Crippen LogP contribution in [0.5, 0.6) is 0 Å². The van der Waals surface area contributed by atoms with Crippen LogP contribution in [0.25, 0.3) is 22.6 Å². The van der Waals surface area contributed by atoms with Gasteiger partial charge in [-0.1, -0.05) is 36.7 Å². The van der Waals surface area contributed by atoms with E-state index in [1.807, 2.05) is 45.0 Å². The second-order valence-electron chi connectivity index (χ2n) is 7.16. The van der Waals surface area contributed by atoms with Gasteiger partial charge in [0.05, 0.1) is 16.6 Å². The number of nitrogens with zero attached hydrogens (tertiary/aromatic N) is 4. The van der Waals surface area contributed by atoms with Gasteiger partial charge in [0.2, 0.25) is 5.89 Å². The van der Waals surface area contributed by atoms with Crippen molar-refractivity contribution in [1.82, 2.24) is 20.3 Å². The van der Waals surface area contributed by atoms with E-state index in [-0.39, 0.29) is 11.8 Å². The lowest BCUT2D eigenvalue weighted by Gasteiger charge is -2.09. The molecule has 1 atom stereocenters. The highest BCUT2D eigenvalue weighted by molar-refractivity contribution is 5.93. The van der Waals surface area contributed by atoms with Crippen molar-refractivity contribution in [2.24, 2.45) is 0 Å². The molecule has 3 aromatic heterocycles. The lowest BCUT2D eigenvalue weighted by Crippen LogP contribution is -2.10. The van der Waals surface area contributed by atoms with Crippen molar-refractivity contribution in [1.29, 1.82) is 0 Å². The third kappa shape index (κ3) is 3.73. The molecule has 8 heteroatoms. The normalized spacial score (nSPS) is 12.4. The third-order valence-electron chi connectivity index (χ3n) is 4.48. The number of esters is 1. The van der Waals surface area contributed by atoms with Crippen molar-refractivity contribution in [3.8, 4) is 11.5 Å². The van der Waals surface area contributed by atoms with E-state index in [1.165, 1.54) is 6.20 Å². The third-order valence-corrected chi connectivity index (χ3v) is 4.48. The van der Waals surface area contributed by atoms with Crippen LogP contribution in [0.15, 0.2) is 45.5 Å². The molecule has 0 N–H and O–H groups in total. The van der Waals surface area contributed by atoms with Crippen LogP contribution in [-0.2, 0) is 4.74 Å². The van der Waals surface area contributed by atoms with E-state index in [4.69, 9.17) is 13.7 Å². The van der Waals surface area contributed by atoms with E-state index in [1.54, 1.807) is 13.0 Å². The molecule has 29 heavy (non-hydrogen) atoms. The fourth-order valence-corrected chi connectivity index (χ4v) is 2.95. The molecule has 148 valence electrons. The second kappa shape index (κ2) is 7.46. The molecule has 0 amide bonds. The first-order valence-corrected chi connectivity index (χ1v) is 9.29. The van der Waals surface area contributed by atoms with E-state index in [0.29, 0.717) is 22.6 Å². The second-order valence-corrected chi connectivity index (χ2v) is 7.16. The van der Waals surface area contributed by atoms with Gasteiger partial charge in [-0.3, -0.25) is 0 Å². The average Bonchev–Trinajstić information content (AvgIpc) is 3.35. The number of ether oxygens (including phenoxy) is 1. The molecule has 0 fully saturated rings. The zero-order chi connectivity index (χ0) is 20.5. The van der Waals surface area contributed by atoms with Gasteiger partial charge in [0.25, 0.3) is 11.6 Å². The summed E-state index contributed by atoms with van der Waals surface area (Å²) < 4.78 is 16.4. The predicted octanol–water partition coefficient (Wildman–Crippen LogP) is 4.62. The number of rotatable bonds is 5. The number of carbonyl (C=O) groups excluding carboxylic acids is 1. The molecule has 1 aromatic carbocycles. The molecule has 3 heterocycles. The summed E-state index contributed by atoms with van der Waals surface area (Å²) in [7, 11) is 0. The highest BCUT2D eigenvalue weighted by Gasteiger charge is 2.22. The Morgan fingerprint density at radius 2 is 1.97 bits per heavy atom. The largest absolute Gasteiger partial charge is 0.449 e. The van der Waals surface area contributed by atoms with Crippen LogP contribution in [0.4, 0.5) is 0 Å². The van der Waals surface area contributed by atoms with Crippen LogP contribution in [-0.4, -0.2) is 26.3 Å². The molecule has 0 aliphatic rings. The SMILES string of the molecule is Cc1cccc(-c2nnc(C(C)OC(=O)c3cnc4onc(C(C)C)c4c3)o2)c1. The van der Waals surface area contributed by atoms with Crippen molar-refractivity contribution in [3.05, 3.63) is 59.2 Å². The van der Waals surface area contributed by atoms with E-state index in [9.17, 15) is 4.79 Å². The summed E-state index contributed by atoms with van der Waals surface area (Å²) in [6.07, 6.45) is 0.690. The van der Waals surface area contributed by atoms with Gasteiger partial charge in [-0.2, -0.15) is 0 Å². The van der Waals surface area contributed by atoms with Crippen molar-refractivity contribution >= 4 is 17.1 Å². The van der Waals surface area contributed by atoms with Gasteiger partial charge >= 0.3 is 5.97 Å². The topological polar surface area (TPSA) is 104 Å². The first-order valence-electron chi connectivity index (χ1n) is 9.29. The number of benzene rings is 1. The van der Waals surface area contributed by atoms with Crippen LogP contribution in [0.3, 0.4) is 0 Å². The Labute approximate surface area is 166 Å². The number of aryl methyl sites for hydroxylation is 1. The van der Waals surface area contributed by atoms with Crippen LogP contribution in [0.1, 0.15) is 60.3 Å². The molecule has 4 aromatic rings. The summed E-state index contributed by atoms with van der Waals surface area (Å²) >= 11 is 0. The summed E-state index contributed by atoms with van der Waals surface area (Å²) in [4.78, 5) is 16.7. The highest BCUT2D eigenvalue weighted by atomic mass is 16.6. The molecule has 0 spiro atoms. The maximum Gasteiger partial charge on any atom is 0.340 e. The van der Waals surface area contributed by atoms with E-state index in [2.05, 4.69) is 20.3 Å². The minimum Gasteiger partial charge on any atom is -0.449 e. The number of hydrogen-bond donors (Lipinski definition) is 0. The van der Waals surface area contributed by atoms with E-state index >= 15 is 0 Å². The van der Waals surface area contributed by atoms with Gasteiger partial charge in [0.15, 0.2) is 6.10 Å². The van der Waals surface area contributed by atoms with Gasteiger partial charge in [-0.25, -0.2) is 9.78 Å². The maximum absolute atomic E-state index is 12.6. The Hall–Kier alpha value is -3.55. The molecule has 0 saturated heterocycles. The average molecular weight is 392 g/mol. The van der Waals surface area contributed by atoms with Gasteiger partial charge in [0, 0.05) is 11.8 Å². The Bertz CT molecular complexity index is 1180. The monoisotopic (exact) mass is 392 g/mol. The fourth-order valence-electron chi connectivity index (χ4n) is 2.95. The first kappa shape index (κ1) is 18.8. The zero-order valence-electron chi connectivity index (χ0n) is 16.5. The maximum atomic E-state index is 12.6. The van der Waals surface area contributed by atoms with Gasteiger partial charge in [0.1, 0.15) is 0 Å². The Balaban J connectivity index is 1.53. The summed E-state index contributed by atoms with van der Waals surface area (Å²) in [6.45, 7) is 7.64. The van der Waals surface area contributed by atoms with Gasteiger partial charge in [-0.05, 0) is 38.0 Å². The van der Waals surface area contributed by atoms with Crippen LogP contribution in [0, 0.1) is 6.92 Å². The van der Waals surface area contributed by atoms with Crippen LogP contribution in [0.2, 0.25) is 0 Å². The minimum atomic E-state index is -0.712. The summed E-state index contributed by atoms with van der Waals surface area (Å²) in [5.41, 5.74) is 3.32. The van der Waals surface area contributed by atoms with Crippen LogP contribution >= 0.6 is 0 Å². The summed E-state index contributed by atoms with van der Waals surface area (Å²) in [5, 5.41) is 12.8. The standard InChI is InChI=1S/C21H20N4O4/c1-11(2)17-16-9-15(10-22-20(16)29-25-17)21(26)27-13(4)18-23-24-19(28-18)14-7-5-6-12(3)8-14/h5-11,13H,1-4H3. The molecule has 1 unspecified atom stereocenters. The Morgan fingerprint density at radius 1 is 1.14 bits per heavy atom. The number of aromatic nitrogens is 4. The van der Waals surface area contributed by atoms with E-state index < -0.39 is 12.1 Å². The molecule has 8 nitrogen and oxygen atoms in total.